The molecular weight excluding hydrogens is 602 g/mol. The first kappa shape index (κ1) is 31.3. The van der Waals surface area contributed by atoms with Crippen LogP contribution in [0.1, 0.15) is 45.1 Å². The van der Waals surface area contributed by atoms with E-state index < -0.39 is 22.5 Å². The van der Waals surface area contributed by atoms with Gasteiger partial charge in [0.1, 0.15) is 17.3 Å². The maximum absolute atomic E-state index is 14.0. The summed E-state index contributed by atoms with van der Waals surface area (Å²) in [5.41, 5.74) is 0.938. The van der Waals surface area contributed by atoms with E-state index in [9.17, 15) is 19.7 Å². The smallest absolute Gasteiger partial charge is 0.338 e. The fourth-order valence-electron chi connectivity index (χ4n) is 5.05. The molecule has 0 spiro atoms. The van der Waals surface area contributed by atoms with E-state index >= 15 is 0 Å². The lowest BCUT2D eigenvalue weighted by molar-refractivity contribution is -0.384. The summed E-state index contributed by atoms with van der Waals surface area (Å²) >= 11 is 1.13. The van der Waals surface area contributed by atoms with E-state index in [1.165, 1.54) is 17.7 Å². The van der Waals surface area contributed by atoms with Crippen LogP contribution >= 0.6 is 11.3 Å². The fourth-order valence-corrected chi connectivity index (χ4v) is 6.07. The Balaban J connectivity index is 1.64. The minimum atomic E-state index is -0.855. The Morgan fingerprint density at radius 2 is 1.82 bits per heavy atom. The highest BCUT2D eigenvalue weighted by Gasteiger charge is 2.34. The standard InChI is InChI=1S/C32H31N3O9S/c1-6-41-25-13-9-19(15-26(25)42-7-2)29-28(31(37)43-8-3)18(4)33-32-34(29)30(36)27(45-32)17-21-11-14-24(44-21)22-12-10-20(40-5)16-23(22)35(38)39/h9-17,29H,6-8H2,1-5H3/b27-17-/t29-/m0/s1. The van der Waals surface area contributed by atoms with E-state index in [4.69, 9.17) is 23.4 Å². The summed E-state index contributed by atoms with van der Waals surface area (Å²) in [6.07, 6.45) is 1.55. The van der Waals surface area contributed by atoms with Gasteiger partial charge in [0.15, 0.2) is 16.3 Å². The molecule has 0 bridgehead atoms. The van der Waals surface area contributed by atoms with Crippen LogP contribution in [-0.2, 0) is 9.53 Å². The topological polar surface area (TPSA) is 145 Å². The van der Waals surface area contributed by atoms with Crippen LogP contribution in [0.5, 0.6) is 17.2 Å². The molecule has 1 atom stereocenters. The van der Waals surface area contributed by atoms with Crippen LogP contribution in [-0.4, -0.2) is 42.4 Å². The number of carbonyl (C=O) groups is 1. The highest BCUT2D eigenvalue weighted by atomic mass is 32.1. The zero-order valence-corrected chi connectivity index (χ0v) is 26.1. The van der Waals surface area contributed by atoms with Crippen molar-refractivity contribution in [1.29, 1.82) is 0 Å². The predicted molar refractivity (Wildman–Crippen MR) is 167 cm³/mol. The molecule has 12 nitrogen and oxygen atoms in total. The molecule has 13 heteroatoms. The number of ether oxygens (including phenoxy) is 4. The maximum Gasteiger partial charge on any atom is 0.338 e. The zero-order valence-electron chi connectivity index (χ0n) is 25.3. The molecule has 0 radical (unpaired) electrons. The molecule has 2 aromatic heterocycles. The van der Waals surface area contributed by atoms with Gasteiger partial charge < -0.3 is 23.4 Å². The van der Waals surface area contributed by atoms with Crippen molar-refractivity contribution >= 4 is 29.1 Å². The summed E-state index contributed by atoms with van der Waals surface area (Å²) in [4.78, 5) is 43.5. The van der Waals surface area contributed by atoms with Crippen LogP contribution in [0.15, 0.2) is 74.0 Å². The molecular formula is C32H31N3O9S. The van der Waals surface area contributed by atoms with Crippen LogP contribution in [0.4, 0.5) is 5.69 Å². The number of carbonyl (C=O) groups excluding carboxylic acids is 1. The largest absolute Gasteiger partial charge is 0.497 e. The van der Waals surface area contributed by atoms with Crippen molar-refractivity contribution in [2.75, 3.05) is 26.9 Å². The summed E-state index contributed by atoms with van der Waals surface area (Å²) in [5.74, 6) is 1.33. The van der Waals surface area contributed by atoms with Crippen LogP contribution in [0, 0.1) is 10.1 Å². The number of furan rings is 1. The molecule has 0 fully saturated rings. The van der Waals surface area contributed by atoms with E-state index in [1.807, 2.05) is 13.8 Å². The number of fused-ring (bicyclic) bond motifs is 1. The number of allylic oxidation sites excluding steroid dienone is 1. The average molecular weight is 634 g/mol. The molecule has 45 heavy (non-hydrogen) atoms. The number of rotatable bonds is 11. The number of hydrogen-bond donors (Lipinski definition) is 0. The van der Waals surface area contributed by atoms with Crippen molar-refractivity contribution < 1.29 is 33.1 Å². The van der Waals surface area contributed by atoms with E-state index in [0.717, 1.165) is 11.3 Å². The summed E-state index contributed by atoms with van der Waals surface area (Å²) in [7, 11) is 1.43. The molecule has 2 aromatic carbocycles. The number of benzene rings is 2. The lowest BCUT2D eigenvalue weighted by Crippen LogP contribution is -2.40. The molecule has 1 aliphatic heterocycles. The van der Waals surface area contributed by atoms with Gasteiger partial charge in [-0.1, -0.05) is 17.4 Å². The van der Waals surface area contributed by atoms with E-state index in [0.29, 0.717) is 52.3 Å². The molecule has 0 amide bonds. The SMILES string of the molecule is CCOC(=O)C1=C(C)N=c2s/c(=C\c3ccc(-c4ccc(OC)cc4[N+](=O)[O-])o3)c(=O)n2[C@H]1c1ccc(OCC)c(OCC)c1. The Morgan fingerprint density at radius 3 is 2.51 bits per heavy atom. The lowest BCUT2D eigenvalue weighted by atomic mass is 9.95. The summed E-state index contributed by atoms with van der Waals surface area (Å²) in [6.45, 7) is 8.10. The zero-order chi connectivity index (χ0) is 32.2. The molecule has 234 valence electrons. The molecule has 1 aliphatic rings. The lowest BCUT2D eigenvalue weighted by Gasteiger charge is -2.25. The Bertz CT molecular complexity index is 1990. The molecule has 3 heterocycles. The molecule has 0 saturated carbocycles. The molecule has 0 saturated heterocycles. The average Bonchev–Trinajstić information content (AvgIpc) is 3.61. The Labute approximate surface area is 261 Å². The van der Waals surface area contributed by atoms with Gasteiger partial charge in [0, 0.05) is 6.08 Å². The number of methoxy groups -OCH3 is 1. The number of nitro benzene ring substituents is 1. The second kappa shape index (κ2) is 13.2. The number of nitro groups is 1. The monoisotopic (exact) mass is 633 g/mol. The van der Waals surface area contributed by atoms with Crippen LogP contribution < -0.4 is 29.1 Å². The second-order valence-electron chi connectivity index (χ2n) is 9.72. The number of hydrogen-bond acceptors (Lipinski definition) is 11. The van der Waals surface area contributed by atoms with Crippen molar-refractivity contribution in [3.8, 4) is 28.6 Å². The van der Waals surface area contributed by atoms with E-state index in [1.54, 1.807) is 62.4 Å². The summed E-state index contributed by atoms with van der Waals surface area (Å²) in [5, 5.41) is 11.7. The Hall–Kier alpha value is -5.17. The Morgan fingerprint density at radius 1 is 1.07 bits per heavy atom. The first-order valence-electron chi connectivity index (χ1n) is 14.2. The van der Waals surface area contributed by atoms with Crippen molar-refractivity contribution in [3.63, 3.8) is 0 Å². The summed E-state index contributed by atoms with van der Waals surface area (Å²) < 4.78 is 29.7. The maximum atomic E-state index is 14.0. The van der Waals surface area contributed by atoms with Gasteiger partial charge in [0.05, 0.1) is 65.3 Å². The van der Waals surface area contributed by atoms with Crippen LogP contribution in [0.2, 0.25) is 0 Å². The normalized spacial score (nSPS) is 14.5. The minimum Gasteiger partial charge on any atom is -0.497 e. The molecule has 4 aromatic rings. The van der Waals surface area contributed by atoms with Crippen molar-refractivity contribution in [3.05, 3.63) is 101 Å². The van der Waals surface area contributed by atoms with Gasteiger partial charge in [-0.05, 0) is 69.7 Å². The van der Waals surface area contributed by atoms with E-state index in [-0.39, 0.29) is 33.7 Å². The third kappa shape index (κ3) is 6.11. The molecule has 0 aliphatic carbocycles. The first-order valence-corrected chi connectivity index (χ1v) is 15.0. The molecule has 0 unspecified atom stereocenters. The van der Waals surface area contributed by atoms with Gasteiger partial charge in [-0.15, -0.1) is 0 Å². The second-order valence-corrected chi connectivity index (χ2v) is 10.7. The highest BCUT2D eigenvalue weighted by Crippen LogP contribution is 2.37. The van der Waals surface area contributed by atoms with Gasteiger partial charge in [0.2, 0.25) is 0 Å². The van der Waals surface area contributed by atoms with E-state index in [2.05, 4.69) is 4.99 Å². The quantitative estimate of drug-likeness (QED) is 0.130. The van der Waals surface area contributed by atoms with Gasteiger partial charge in [-0.2, -0.15) is 0 Å². The van der Waals surface area contributed by atoms with Crippen LogP contribution in [0.25, 0.3) is 17.4 Å². The third-order valence-corrected chi connectivity index (χ3v) is 7.95. The number of aromatic nitrogens is 1. The van der Waals surface area contributed by atoms with Gasteiger partial charge in [0.25, 0.3) is 11.2 Å². The minimum absolute atomic E-state index is 0.146. The predicted octanol–water partition coefficient (Wildman–Crippen LogP) is 4.77. The highest BCUT2D eigenvalue weighted by molar-refractivity contribution is 7.07. The Kier molecular flexibility index (Phi) is 9.18. The van der Waals surface area contributed by atoms with Crippen molar-refractivity contribution in [1.82, 2.24) is 4.57 Å². The van der Waals surface area contributed by atoms with Crippen LogP contribution in [0.3, 0.4) is 0 Å². The van der Waals surface area contributed by atoms with Gasteiger partial charge in [-0.3, -0.25) is 19.5 Å². The third-order valence-electron chi connectivity index (χ3n) is 6.97. The van der Waals surface area contributed by atoms with Gasteiger partial charge >= 0.3 is 5.97 Å². The fraction of sp³-hybridized carbons (Fsp3) is 0.281. The number of thiazole rings is 1. The first-order chi connectivity index (χ1) is 21.7. The number of esters is 1. The molecule has 5 rings (SSSR count). The number of nitrogens with zero attached hydrogens (tertiary/aromatic N) is 3. The summed E-state index contributed by atoms with van der Waals surface area (Å²) in [6, 6.07) is 12.1. The molecule has 0 N–H and O–H groups in total. The van der Waals surface area contributed by atoms with Gasteiger partial charge in [-0.25, -0.2) is 9.79 Å². The van der Waals surface area contributed by atoms with Crippen molar-refractivity contribution in [2.45, 2.75) is 33.7 Å². The van der Waals surface area contributed by atoms with Crippen molar-refractivity contribution in [2.24, 2.45) is 4.99 Å².